The number of halogens is 1. The summed E-state index contributed by atoms with van der Waals surface area (Å²) in [5.74, 6) is 0.611. The van der Waals surface area contributed by atoms with Crippen LogP contribution in [0, 0.1) is 5.92 Å². The Kier molecular flexibility index (Phi) is 4.64. The number of hydrogen-bond donors (Lipinski definition) is 1. The van der Waals surface area contributed by atoms with Crippen LogP contribution in [0.15, 0.2) is 11.0 Å². The Hall–Kier alpha value is -1.03. The van der Waals surface area contributed by atoms with Crippen molar-refractivity contribution in [3.8, 4) is 0 Å². The Labute approximate surface area is 112 Å². The highest BCUT2D eigenvalue weighted by Crippen LogP contribution is 2.27. The van der Waals surface area contributed by atoms with E-state index in [4.69, 9.17) is 11.6 Å². The zero-order chi connectivity index (χ0) is 13.0. The van der Waals surface area contributed by atoms with Crippen LogP contribution in [0.5, 0.6) is 0 Å². The molecule has 0 bridgehead atoms. The highest BCUT2D eigenvalue weighted by atomic mass is 35.5. The molecule has 0 atom stereocenters. The summed E-state index contributed by atoms with van der Waals surface area (Å²) in [5.41, 5.74) is 0.407. The Morgan fingerprint density at radius 2 is 2.33 bits per heavy atom. The van der Waals surface area contributed by atoms with E-state index < -0.39 is 0 Å². The van der Waals surface area contributed by atoms with Crippen LogP contribution in [0.4, 0.5) is 5.69 Å². The summed E-state index contributed by atoms with van der Waals surface area (Å²) in [6, 6.07) is 0. The van der Waals surface area contributed by atoms with Crippen molar-refractivity contribution in [2.45, 2.75) is 45.6 Å². The number of nitrogens with zero attached hydrogens (tertiary/aromatic N) is 2. The van der Waals surface area contributed by atoms with Gasteiger partial charge in [-0.3, -0.25) is 4.79 Å². The average Bonchev–Trinajstić information content (AvgIpc) is 2.30. The van der Waals surface area contributed by atoms with Gasteiger partial charge in [-0.25, -0.2) is 4.68 Å². The molecule has 0 spiro atoms. The first-order valence-corrected chi connectivity index (χ1v) is 7.09. The maximum atomic E-state index is 12.2. The smallest absolute Gasteiger partial charge is 0.291 e. The minimum atomic E-state index is -0.0921. The third kappa shape index (κ3) is 3.05. The van der Waals surface area contributed by atoms with Crippen LogP contribution in [0.3, 0.4) is 0 Å². The van der Waals surface area contributed by atoms with Crippen molar-refractivity contribution in [2.24, 2.45) is 5.92 Å². The molecule has 1 aliphatic rings. The van der Waals surface area contributed by atoms with E-state index in [2.05, 4.69) is 17.3 Å². The molecule has 1 heterocycles. The maximum Gasteiger partial charge on any atom is 0.291 e. The van der Waals surface area contributed by atoms with E-state index in [-0.39, 0.29) is 5.56 Å². The van der Waals surface area contributed by atoms with Crippen molar-refractivity contribution in [3.05, 3.63) is 21.6 Å². The van der Waals surface area contributed by atoms with Gasteiger partial charge in [0.05, 0.1) is 11.2 Å². The largest absolute Gasteiger partial charge is 0.379 e. The fourth-order valence-corrected chi connectivity index (χ4v) is 2.26. The van der Waals surface area contributed by atoms with E-state index in [0.717, 1.165) is 25.9 Å². The van der Waals surface area contributed by atoms with Crippen molar-refractivity contribution in [2.75, 3.05) is 11.9 Å². The molecule has 0 amide bonds. The van der Waals surface area contributed by atoms with E-state index in [1.54, 1.807) is 10.9 Å². The number of anilines is 1. The predicted molar refractivity (Wildman–Crippen MR) is 74.2 cm³/mol. The zero-order valence-electron chi connectivity index (χ0n) is 10.8. The van der Waals surface area contributed by atoms with E-state index in [9.17, 15) is 4.79 Å². The summed E-state index contributed by atoms with van der Waals surface area (Å²) < 4.78 is 1.55. The molecule has 0 aliphatic heterocycles. The zero-order valence-corrected chi connectivity index (χ0v) is 11.5. The lowest BCUT2D eigenvalue weighted by atomic mass is 9.85. The lowest BCUT2D eigenvalue weighted by molar-refractivity contribution is 0.262. The fourth-order valence-electron chi connectivity index (χ4n) is 2.07. The van der Waals surface area contributed by atoms with Gasteiger partial charge in [-0.15, -0.1) is 0 Å². The molecule has 1 fully saturated rings. The van der Waals surface area contributed by atoms with Crippen LogP contribution >= 0.6 is 11.6 Å². The van der Waals surface area contributed by atoms with Crippen molar-refractivity contribution in [3.63, 3.8) is 0 Å². The maximum absolute atomic E-state index is 12.2. The second kappa shape index (κ2) is 6.23. The van der Waals surface area contributed by atoms with Gasteiger partial charge in [-0.1, -0.05) is 31.4 Å². The molecule has 0 aromatic carbocycles. The van der Waals surface area contributed by atoms with Gasteiger partial charge in [0, 0.05) is 13.1 Å². The summed E-state index contributed by atoms with van der Waals surface area (Å²) in [4.78, 5) is 12.2. The molecule has 0 radical (unpaired) electrons. The van der Waals surface area contributed by atoms with E-state index in [1.807, 2.05) is 0 Å². The fraction of sp³-hybridized carbons (Fsp3) is 0.692. The first kappa shape index (κ1) is 13.4. The molecule has 18 heavy (non-hydrogen) atoms. The Bertz CT molecular complexity index is 454. The quantitative estimate of drug-likeness (QED) is 0.808. The Balaban J connectivity index is 2.11. The summed E-state index contributed by atoms with van der Waals surface area (Å²) in [7, 11) is 0. The minimum absolute atomic E-state index is 0.0921. The van der Waals surface area contributed by atoms with Gasteiger partial charge in [0.15, 0.2) is 0 Å². The predicted octanol–water partition coefficient (Wildman–Crippen LogP) is 2.91. The van der Waals surface area contributed by atoms with Gasteiger partial charge in [0.2, 0.25) is 0 Å². The molecule has 1 aliphatic carbocycles. The third-order valence-electron chi connectivity index (χ3n) is 3.49. The minimum Gasteiger partial charge on any atom is -0.379 e. The second-order valence-electron chi connectivity index (χ2n) is 4.93. The number of nitrogens with one attached hydrogen (secondary N) is 1. The van der Waals surface area contributed by atoms with Gasteiger partial charge < -0.3 is 5.32 Å². The monoisotopic (exact) mass is 269 g/mol. The van der Waals surface area contributed by atoms with Crippen LogP contribution in [0.1, 0.15) is 39.0 Å². The number of aromatic nitrogens is 2. The molecule has 100 valence electrons. The average molecular weight is 270 g/mol. The van der Waals surface area contributed by atoms with Gasteiger partial charge >= 0.3 is 0 Å². The van der Waals surface area contributed by atoms with E-state index >= 15 is 0 Å². The normalized spacial score (nSPS) is 15.4. The molecule has 2 rings (SSSR count). The molecular weight excluding hydrogens is 250 g/mol. The molecule has 5 heteroatoms. The molecule has 1 aromatic heterocycles. The van der Waals surface area contributed by atoms with Gasteiger partial charge in [0.25, 0.3) is 5.56 Å². The lowest BCUT2D eigenvalue weighted by Gasteiger charge is -2.25. The third-order valence-corrected chi connectivity index (χ3v) is 3.77. The van der Waals surface area contributed by atoms with Crippen LogP contribution in [-0.2, 0) is 6.54 Å². The van der Waals surface area contributed by atoms with E-state index in [1.165, 1.54) is 19.3 Å². The van der Waals surface area contributed by atoms with Crippen LogP contribution in [0.2, 0.25) is 5.02 Å². The molecule has 1 saturated carbocycles. The molecule has 4 nitrogen and oxygen atoms in total. The summed E-state index contributed by atoms with van der Waals surface area (Å²) >= 11 is 6.03. The standard InChI is InChI=1S/C13H20ClN3O/c1-2-3-7-15-12-11(14)8-16-17(13(12)18)9-10-5-4-6-10/h8,10,15H,2-7,9H2,1H3. The van der Waals surface area contributed by atoms with Crippen molar-refractivity contribution in [1.82, 2.24) is 9.78 Å². The molecule has 1 aromatic rings. The summed E-state index contributed by atoms with van der Waals surface area (Å²) in [5, 5.41) is 7.66. The van der Waals surface area contributed by atoms with Crippen molar-refractivity contribution < 1.29 is 0 Å². The molecule has 0 unspecified atom stereocenters. The SMILES string of the molecule is CCCCNc1c(Cl)cnn(CC2CCC2)c1=O. The van der Waals surface area contributed by atoms with Crippen molar-refractivity contribution >= 4 is 17.3 Å². The number of hydrogen-bond acceptors (Lipinski definition) is 3. The van der Waals surface area contributed by atoms with Gasteiger partial charge in [0.1, 0.15) is 5.69 Å². The number of rotatable bonds is 6. The highest BCUT2D eigenvalue weighted by Gasteiger charge is 2.20. The summed E-state index contributed by atoms with van der Waals surface area (Å²) in [6.07, 6.45) is 7.36. The van der Waals surface area contributed by atoms with Crippen LogP contribution < -0.4 is 10.9 Å². The molecule has 1 N–H and O–H groups in total. The highest BCUT2D eigenvalue weighted by molar-refractivity contribution is 6.32. The number of unbranched alkanes of at least 4 members (excludes halogenated alkanes) is 1. The second-order valence-corrected chi connectivity index (χ2v) is 5.34. The Morgan fingerprint density at radius 3 is 2.94 bits per heavy atom. The first-order valence-electron chi connectivity index (χ1n) is 6.72. The Morgan fingerprint density at radius 1 is 1.56 bits per heavy atom. The summed E-state index contributed by atoms with van der Waals surface area (Å²) in [6.45, 7) is 3.61. The first-order chi connectivity index (χ1) is 8.72. The van der Waals surface area contributed by atoms with Crippen LogP contribution in [-0.4, -0.2) is 16.3 Å². The van der Waals surface area contributed by atoms with Crippen LogP contribution in [0.25, 0.3) is 0 Å². The van der Waals surface area contributed by atoms with Gasteiger partial charge in [-0.05, 0) is 25.2 Å². The topological polar surface area (TPSA) is 46.9 Å². The molecular formula is C13H20ClN3O. The van der Waals surface area contributed by atoms with Gasteiger partial charge in [-0.2, -0.15) is 5.10 Å². The lowest BCUT2D eigenvalue weighted by Crippen LogP contribution is -2.31. The molecule has 0 saturated heterocycles. The van der Waals surface area contributed by atoms with Crippen molar-refractivity contribution in [1.29, 1.82) is 0 Å². The van der Waals surface area contributed by atoms with E-state index in [0.29, 0.717) is 16.6 Å².